The van der Waals surface area contributed by atoms with E-state index in [9.17, 15) is 13.6 Å². The first-order chi connectivity index (χ1) is 17.6. The smallest absolute Gasteiger partial charge is 0.290 e. The molecule has 0 radical (unpaired) electrons. The molecule has 0 fully saturated rings. The molecule has 1 N–H and O–H groups in total. The lowest BCUT2D eigenvalue weighted by Crippen LogP contribution is -2.26. The topological polar surface area (TPSA) is 94.3 Å². The average Bonchev–Trinajstić information content (AvgIpc) is 3.53. The van der Waals surface area contributed by atoms with E-state index < -0.39 is 17.3 Å². The number of nitrogens with zero attached hydrogens (tertiary/aromatic N) is 6. The SMILES string of the molecule is CCCCc1cn(-c2c(F)cccc2F)c(=O)n1Cc1ccc(-c2ccccc2-c2nnn[nH]2)cn1. The summed E-state index contributed by atoms with van der Waals surface area (Å²) in [4.78, 5) is 17.8. The number of aryl methyl sites for hydroxylation is 1. The number of para-hydroxylation sites is 1. The summed E-state index contributed by atoms with van der Waals surface area (Å²) in [5.41, 5.74) is 3.04. The first kappa shape index (κ1) is 23.3. The lowest BCUT2D eigenvalue weighted by molar-refractivity contribution is 0.564. The summed E-state index contributed by atoms with van der Waals surface area (Å²) in [6, 6.07) is 15.0. The third-order valence-electron chi connectivity index (χ3n) is 6.01. The zero-order chi connectivity index (χ0) is 25.1. The molecule has 10 heteroatoms. The molecule has 3 aromatic heterocycles. The fraction of sp³-hybridized carbons (Fsp3) is 0.192. The molecule has 0 atom stereocenters. The highest BCUT2D eigenvalue weighted by Gasteiger charge is 2.19. The second kappa shape index (κ2) is 10.0. The Hall–Kier alpha value is -4.47. The number of imidazole rings is 1. The Labute approximate surface area is 205 Å². The van der Waals surface area contributed by atoms with Gasteiger partial charge < -0.3 is 0 Å². The number of pyridine rings is 1. The number of nitrogens with one attached hydrogen (secondary N) is 1. The number of tetrazole rings is 1. The van der Waals surface area contributed by atoms with Crippen LogP contribution in [-0.2, 0) is 13.0 Å². The van der Waals surface area contributed by atoms with Crippen molar-refractivity contribution in [2.45, 2.75) is 32.7 Å². The van der Waals surface area contributed by atoms with Crippen molar-refractivity contribution in [1.29, 1.82) is 0 Å². The van der Waals surface area contributed by atoms with Crippen LogP contribution in [0.2, 0.25) is 0 Å². The molecule has 3 heterocycles. The van der Waals surface area contributed by atoms with Crippen molar-refractivity contribution in [1.82, 2.24) is 34.7 Å². The number of hydrogen-bond acceptors (Lipinski definition) is 5. The minimum Gasteiger partial charge on any atom is -0.290 e. The van der Waals surface area contributed by atoms with Crippen molar-refractivity contribution >= 4 is 0 Å². The van der Waals surface area contributed by atoms with Gasteiger partial charge >= 0.3 is 5.69 Å². The molecule has 0 bridgehead atoms. The molecule has 5 aromatic rings. The molecule has 0 spiro atoms. The number of aromatic nitrogens is 7. The highest BCUT2D eigenvalue weighted by molar-refractivity contribution is 5.79. The van der Waals surface area contributed by atoms with Gasteiger partial charge in [0.05, 0.1) is 12.2 Å². The van der Waals surface area contributed by atoms with Crippen molar-refractivity contribution < 1.29 is 8.78 Å². The fourth-order valence-corrected chi connectivity index (χ4v) is 4.19. The second-order valence-corrected chi connectivity index (χ2v) is 8.37. The Morgan fingerprint density at radius 3 is 2.42 bits per heavy atom. The number of benzene rings is 2. The van der Waals surface area contributed by atoms with Gasteiger partial charge in [0.1, 0.15) is 17.3 Å². The van der Waals surface area contributed by atoms with E-state index in [2.05, 4.69) is 25.6 Å². The molecular formula is C26H23F2N7O. The monoisotopic (exact) mass is 487 g/mol. The van der Waals surface area contributed by atoms with Crippen molar-refractivity contribution in [3.05, 3.63) is 100 Å². The molecule has 0 amide bonds. The molecule has 36 heavy (non-hydrogen) atoms. The Bertz CT molecular complexity index is 1520. The summed E-state index contributed by atoms with van der Waals surface area (Å²) < 4.78 is 31.5. The van der Waals surface area contributed by atoms with Crippen LogP contribution in [0.3, 0.4) is 0 Å². The van der Waals surface area contributed by atoms with Crippen molar-refractivity contribution in [2.24, 2.45) is 0 Å². The van der Waals surface area contributed by atoms with E-state index in [1.165, 1.54) is 16.8 Å². The van der Waals surface area contributed by atoms with Crippen LogP contribution in [0.15, 0.2) is 71.8 Å². The van der Waals surface area contributed by atoms with E-state index >= 15 is 0 Å². The van der Waals surface area contributed by atoms with E-state index in [1.807, 2.05) is 43.3 Å². The van der Waals surface area contributed by atoms with Crippen LogP contribution in [0.5, 0.6) is 0 Å². The highest BCUT2D eigenvalue weighted by Crippen LogP contribution is 2.29. The Morgan fingerprint density at radius 2 is 1.75 bits per heavy atom. The number of aromatic amines is 1. The quantitative estimate of drug-likeness (QED) is 0.347. The standard InChI is InChI=1S/C26H23F2N7O/c1-2-3-7-19-16-35(24-22(27)10-6-11-23(24)28)26(36)34(19)15-18-13-12-17(14-29-18)20-8-4-5-9-21(20)25-30-32-33-31-25/h4-6,8-14,16H,2-3,7,15H2,1H3,(H,30,31,32,33). The van der Waals surface area contributed by atoms with Gasteiger partial charge in [-0.3, -0.25) is 14.1 Å². The summed E-state index contributed by atoms with van der Waals surface area (Å²) in [5, 5.41) is 14.1. The zero-order valence-corrected chi connectivity index (χ0v) is 19.5. The molecule has 5 rings (SSSR count). The van der Waals surface area contributed by atoms with Crippen LogP contribution in [-0.4, -0.2) is 34.7 Å². The Balaban J connectivity index is 1.49. The third-order valence-corrected chi connectivity index (χ3v) is 6.01. The van der Waals surface area contributed by atoms with Gasteiger partial charge in [-0.1, -0.05) is 49.7 Å². The number of H-pyrrole nitrogens is 1. The predicted molar refractivity (Wildman–Crippen MR) is 131 cm³/mol. The van der Waals surface area contributed by atoms with E-state index in [0.717, 1.165) is 46.2 Å². The predicted octanol–water partition coefficient (Wildman–Crippen LogP) is 4.55. The molecule has 182 valence electrons. The minimum atomic E-state index is -0.792. The van der Waals surface area contributed by atoms with Crippen molar-refractivity contribution in [3.63, 3.8) is 0 Å². The van der Waals surface area contributed by atoms with Crippen molar-refractivity contribution in [2.75, 3.05) is 0 Å². The molecule has 0 aliphatic heterocycles. The first-order valence-corrected chi connectivity index (χ1v) is 11.6. The molecular weight excluding hydrogens is 464 g/mol. The van der Waals surface area contributed by atoms with Crippen molar-refractivity contribution in [3.8, 4) is 28.2 Å². The molecule has 0 aliphatic rings. The van der Waals surface area contributed by atoms with Gasteiger partial charge in [0.15, 0.2) is 5.82 Å². The van der Waals surface area contributed by atoms with E-state index in [4.69, 9.17) is 0 Å². The van der Waals surface area contributed by atoms with Gasteiger partial charge in [0.25, 0.3) is 0 Å². The summed E-state index contributed by atoms with van der Waals surface area (Å²) >= 11 is 0. The normalized spacial score (nSPS) is 11.2. The van der Waals surface area contributed by atoms with Gasteiger partial charge in [-0.05, 0) is 47.0 Å². The number of halogens is 2. The lowest BCUT2D eigenvalue weighted by Gasteiger charge is -2.09. The average molecular weight is 488 g/mol. The van der Waals surface area contributed by atoms with Gasteiger partial charge in [0, 0.05) is 29.2 Å². The summed E-state index contributed by atoms with van der Waals surface area (Å²) in [5.74, 6) is -1.04. The van der Waals surface area contributed by atoms with Crippen LogP contribution in [0.4, 0.5) is 8.78 Å². The Morgan fingerprint density at radius 1 is 0.972 bits per heavy atom. The molecule has 0 unspecified atom stereocenters. The summed E-state index contributed by atoms with van der Waals surface area (Å²) in [6.07, 6.45) is 5.60. The molecule has 8 nitrogen and oxygen atoms in total. The summed E-state index contributed by atoms with van der Waals surface area (Å²) in [6.45, 7) is 2.22. The minimum absolute atomic E-state index is 0.175. The molecule has 0 saturated carbocycles. The molecule has 0 saturated heterocycles. The van der Waals surface area contributed by atoms with E-state index in [0.29, 0.717) is 23.6 Å². The number of hydrogen-bond donors (Lipinski definition) is 1. The van der Waals surface area contributed by atoms with Crippen LogP contribution in [0, 0.1) is 11.6 Å². The fourth-order valence-electron chi connectivity index (χ4n) is 4.19. The maximum atomic E-state index is 14.4. The van der Waals surface area contributed by atoms with Gasteiger partial charge in [-0.25, -0.2) is 18.7 Å². The number of unbranched alkanes of at least 4 members (excludes halogenated alkanes) is 1. The number of rotatable bonds is 8. The Kier molecular flexibility index (Phi) is 6.48. The van der Waals surface area contributed by atoms with Crippen LogP contribution in [0.25, 0.3) is 28.2 Å². The first-order valence-electron chi connectivity index (χ1n) is 11.6. The van der Waals surface area contributed by atoms with E-state index in [-0.39, 0.29) is 12.2 Å². The van der Waals surface area contributed by atoms with Crippen LogP contribution < -0.4 is 5.69 Å². The molecule has 0 aliphatic carbocycles. The largest absolute Gasteiger partial charge is 0.333 e. The highest BCUT2D eigenvalue weighted by atomic mass is 19.1. The van der Waals surface area contributed by atoms with Crippen LogP contribution >= 0.6 is 0 Å². The van der Waals surface area contributed by atoms with Gasteiger partial charge in [-0.2, -0.15) is 0 Å². The zero-order valence-electron chi connectivity index (χ0n) is 19.5. The van der Waals surface area contributed by atoms with Crippen LogP contribution in [0.1, 0.15) is 31.2 Å². The maximum absolute atomic E-state index is 14.4. The summed E-state index contributed by atoms with van der Waals surface area (Å²) in [7, 11) is 0. The second-order valence-electron chi connectivity index (χ2n) is 8.37. The van der Waals surface area contributed by atoms with E-state index in [1.54, 1.807) is 6.20 Å². The lowest BCUT2D eigenvalue weighted by atomic mass is 10.0. The maximum Gasteiger partial charge on any atom is 0.333 e. The van der Waals surface area contributed by atoms with Gasteiger partial charge in [-0.15, -0.1) is 5.10 Å². The van der Waals surface area contributed by atoms with Gasteiger partial charge in [0.2, 0.25) is 0 Å². The third kappa shape index (κ3) is 4.45. The molecule has 2 aromatic carbocycles.